The standard InChI is InChI=1S/C24H28INO4/c1-13-7-9-16(10-8-13)19-14(2)17-11-26(23(25)29)12-18(17)15(3)20(19)21(22(27)28)30-24(4,5)6/h7-10,21H,11-12H2,1-6H3,(H,27,28)/t21-/m0/s1. The molecule has 2 aromatic carbocycles. The summed E-state index contributed by atoms with van der Waals surface area (Å²) in [6.45, 7) is 12.6. The number of carbonyl (C=O) groups excluding carboxylic acids is 1. The normalized spacial score (nSPS) is 14.6. The molecule has 0 saturated carbocycles. The number of hydrogen-bond donors (Lipinski definition) is 1. The van der Waals surface area contributed by atoms with E-state index < -0.39 is 17.7 Å². The van der Waals surface area contributed by atoms with Gasteiger partial charge in [0.05, 0.1) is 5.60 Å². The Labute approximate surface area is 191 Å². The van der Waals surface area contributed by atoms with Crippen molar-refractivity contribution in [2.75, 3.05) is 0 Å². The number of benzene rings is 2. The van der Waals surface area contributed by atoms with Gasteiger partial charge in [0.25, 0.3) is 3.91 Å². The monoisotopic (exact) mass is 521 g/mol. The molecular weight excluding hydrogens is 493 g/mol. The number of aryl methyl sites for hydroxylation is 1. The lowest BCUT2D eigenvalue weighted by Crippen LogP contribution is -2.28. The second kappa shape index (κ2) is 8.30. The summed E-state index contributed by atoms with van der Waals surface area (Å²) >= 11 is 1.81. The highest BCUT2D eigenvalue weighted by Crippen LogP contribution is 2.43. The number of carbonyl (C=O) groups is 2. The first-order valence-corrected chi connectivity index (χ1v) is 11.1. The zero-order chi connectivity index (χ0) is 22.4. The van der Waals surface area contributed by atoms with Crippen molar-refractivity contribution in [2.24, 2.45) is 0 Å². The van der Waals surface area contributed by atoms with Crippen molar-refractivity contribution >= 4 is 32.5 Å². The van der Waals surface area contributed by atoms with E-state index in [1.165, 1.54) is 0 Å². The van der Waals surface area contributed by atoms with Gasteiger partial charge in [0.1, 0.15) is 0 Å². The lowest BCUT2D eigenvalue weighted by atomic mass is 9.83. The van der Waals surface area contributed by atoms with Crippen LogP contribution in [0.2, 0.25) is 0 Å². The molecule has 0 unspecified atom stereocenters. The molecule has 1 N–H and O–H groups in total. The van der Waals surface area contributed by atoms with Crippen LogP contribution >= 0.6 is 22.6 Å². The molecule has 30 heavy (non-hydrogen) atoms. The molecule has 0 bridgehead atoms. The van der Waals surface area contributed by atoms with Crippen molar-refractivity contribution in [3.8, 4) is 11.1 Å². The SMILES string of the molecule is Cc1ccc(-c2c(C)c3c(c(C)c2[C@H](OC(C)(C)C)C(=O)O)CN(C(=O)I)C3)cc1. The van der Waals surface area contributed by atoms with Gasteiger partial charge >= 0.3 is 5.97 Å². The molecule has 0 saturated heterocycles. The average Bonchev–Trinajstić information content (AvgIpc) is 3.09. The third-order valence-electron chi connectivity index (χ3n) is 5.56. The van der Waals surface area contributed by atoms with E-state index in [9.17, 15) is 14.7 Å². The molecule has 0 fully saturated rings. The summed E-state index contributed by atoms with van der Waals surface area (Å²) in [5.74, 6) is -1.01. The molecule has 5 nitrogen and oxygen atoms in total. The lowest BCUT2D eigenvalue weighted by molar-refractivity contribution is -0.160. The Morgan fingerprint density at radius 3 is 2.03 bits per heavy atom. The number of nitrogens with zero attached hydrogens (tertiary/aromatic N) is 1. The minimum absolute atomic E-state index is 0.0123. The molecule has 1 aliphatic heterocycles. The first-order valence-electron chi connectivity index (χ1n) is 9.97. The van der Waals surface area contributed by atoms with E-state index in [4.69, 9.17) is 4.74 Å². The molecule has 1 amide bonds. The van der Waals surface area contributed by atoms with Crippen molar-refractivity contribution in [3.05, 3.63) is 57.6 Å². The summed E-state index contributed by atoms with van der Waals surface area (Å²) in [7, 11) is 0. The number of amides is 1. The number of hydrogen-bond acceptors (Lipinski definition) is 3. The van der Waals surface area contributed by atoms with E-state index in [1.54, 1.807) is 4.90 Å². The summed E-state index contributed by atoms with van der Waals surface area (Å²) in [6.07, 6.45) is -1.10. The lowest BCUT2D eigenvalue weighted by Gasteiger charge is -2.29. The van der Waals surface area contributed by atoms with Gasteiger partial charge in [-0.05, 0) is 74.9 Å². The fourth-order valence-electron chi connectivity index (χ4n) is 4.15. The number of halogens is 1. The Hall–Kier alpha value is -1.93. The van der Waals surface area contributed by atoms with Crippen molar-refractivity contribution in [1.82, 2.24) is 4.90 Å². The second-order valence-electron chi connectivity index (χ2n) is 8.92. The van der Waals surface area contributed by atoms with E-state index in [0.717, 1.165) is 38.9 Å². The van der Waals surface area contributed by atoms with Crippen LogP contribution in [0.4, 0.5) is 4.79 Å². The van der Waals surface area contributed by atoms with Gasteiger partial charge < -0.3 is 14.7 Å². The fraction of sp³-hybridized carbons (Fsp3) is 0.417. The Bertz CT molecular complexity index is 1010. The third-order valence-corrected chi connectivity index (χ3v) is 6.24. The van der Waals surface area contributed by atoms with Crippen LogP contribution in [-0.4, -0.2) is 25.5 Å². The van der Waals surface area contributed by atoms with Crippen LogP contribution in [0, 0.1) is 20.8 Å². The van der Waals surface area contributed by atoms with Gasteiger partial charge in [0, 0.05) is 41.2 Å². The number of rotatable bonds is 4. The molecule has 2 aromatic rings. The number of ether oxygens (including phenoxy) is 1. The molecule has 0 radical (unpaired) electrons. The molecule has 160 valence electrons. The van der Waals surface area contributed by atoms with Crippen LogP contribution in [0.25, 0.3) is 11.1 Å². The van der Waals surface area contributed by atoms with Crippen molar-refractivity contribution in [2.45, 2.75) is 66.3 Å². The number of fused-ring (bicyclic) bond motifs is 1. The molecule has 0 aromatic heterocycles. The molecule has 3 rings (SSSR count). The van der Waals surface area contributed by atoms with E-state index in [2.05, 4.69) is 0 Å². The maximum Gasteiger partial charge on any atom is 0.337 e. The summed E-state index contributed by atoms with van der Waals surface area (Å²) in [6, 6.07) is 8.11. The molecule has 1 aliphatic rings. The van der Waals surface area contributed by atoms with E-state index in [1.807, 2.05) is 88.4 Å². The molecule has 0 spiro atoms. The van der Waals surface area contributed by atoms with Gasteiger partial charge in [-0.1, -0.05) is 29.8 Å². The van der Waals surface area contributed by atoms with E-state index in [-0.39, 0.29) is 3.91 Å². The molecule has 1 heterocycles. The number of carboxylic acids is 1. The molecule has 6 heteroatoms. The van der Waals surface area contributed by atoms with Gasteiger partial charge in [0.2, 0.25) is 0 Å². The predicted molar refractivity (Wildman–Crippen MR) is 126 cm³/mol. The average molecular weight is 521 g/mol. The van der Waals surface area contributed by atoms with Gasteiger partial charge in [-0.2, -0.15) is 0 Å². The molecule has 1 atom stereocenters. The van der Waals surface area contributed by atoms with E-state index >= 15 is 0 Å². The van der Waals surface area contributed by atoms with Gasteiger partial charge in [-0.25, -0.2) is 4.79 Å². The van der Waals surface area contributed by atoms with Crippen LogP contribution in [-0.2, 0) is 22.6 Å². The van der Waals surface area contributed by atoms with Crippen LogP contribution < -0.4 is 0 Å². The van der Waals surface area contributed by atoms with Crippen molar-refractivity contribution in [3.63, 3.8) is 0 Å². The Morgan fingerprint density at radius 2 is 1.57 bits per heavy atom. The summed E-state index contributed by atoms with van der Waals surface area (Å²) < 4.78 is 6.05. The smallest absolute Gasteiger partial charge is 0.337 e. The largest absolute Gasteiger partial charge is 0.479 e. The second-order valence-corrected chi connectivity index (χ2v) is 9.84. The minimum Gasteiger partial charge on any atom is -0.479 e. The van der Waals surface area contributed by atoms with E-state index in [0.29, 0.717) is 18.7 Å². The molecular formula is C24H28INO4. The van der Waals surface area contributed by atoms with Gasteiger partial charge in [0.15, 0.2) is 6.10 Å². The van der Waals surface area contributed by atoms with Crippen LogP contribution in [0.1, 0.15) is 60.3 Å². The first kappa shape index (κ1) is 22.7. The summed E-state index contributed by atoms with van der Waals surface area (Å²) in [5.41, 5.74) is 7.09. The first-order chi connectivity index (χ1) is 13.9. The summed E-state index contributed by atoms with van der Waals surface area (Å²) in [5, 5.41) is 10.1. The number of aliphatic carboxylic acids is 1. The zero-order valence-electron chi connectivity index (χ0n) is 18.3. The Morgan fingerprint density at radius 1 is 1.03 bits per heavy atom. The maximum atomic E-state index is 12.4. The molecule has 0 aliphatic carbocycles. The third kappa shape index (κ3) is 4.39. The Balaban J connectivity index is 2.33. The van der Waals surface area contributed by atoms with Crippen molar-refractivity contribution < 1.29 is 19.4 Å². The fourth-order valence-corrected chi connectivity index (χ4v) is 4.49. The highest BCUT2D eigenvalue weighted by Gasteiger charge is 2.36. The zero-order valence-corrected chi connectivity index (χ0v) is 20.5. The quantitative estimate of drug-likeness (QED) is 0.301. The summed E-state index contributed by atoms with van der Waals surface area (Å²) in [4.78, 5) is 26.2. The topological polar surface area (TPSA) is 66.8 Å². The van der Waals surface area contributed by atoms with Crippen LogP contribution in [0.3, 0.4) is 0 Å². The van der Waals surface area contributed by atoms with Gasteiger partial charge in [-0.3, -0.25) is 4.79 Å². The van der Waals surface area contributed by atoms with Gasteiger partial charge in [-0.15, -0.1) is 0 Å². The van der Waals surface area contributed by atoms with Crippen LogP contribution in [0.15, 0.2) is 24.3 Å². The highest BCUT2D eigenvalue weighted by molar-refractivity contribution is 14.1. The number of carboxylic acid groups (broad SMARTS) is 1. The highest BCUT2D eigenvalue weighted by atomic mass is 127. The van der Waals surface area contributed by atoms with Crippen LogP contribution in [0.5, 0.6) is 0 Å². The minimum atomic E-state index is -1.10. The maximum absolute atomic E-state index is 12.4. The van der Waals surface area contributed by atoms with Crippen molar-refractivity contribution in [1.29, 1.82) is 0 Å². The Kier molecular flexibility index (Phi) is 6.30. The predicted octanol–water partition coefficient (Wildman–Crippen LogP) is 6.09.